The minimum Gasteiger partial charge on any atom is -0.456 e. The van der Waals surface area contributed by atoms with E-state index in [-0.39, 0.29) is 0 Å². The lowest BCUT2D eigenvalue weighted by Crippen LogP contribution is -2.41. The summed E-state index contributed by atoms with van der Waals surface area (Å²) in [6.07, 6.45) is 0. The SMILES string of the molecule is CC1(C)OB(c2ccc3oc4cccc(-c5nc(-c6ccc7c(c6)sc6ccccc67)nc(-c6ccc7c(c6)sc6ccccc67)n5)c4c3c2)OC1(C)C.S=S=S=S=S=S=S=S=S=S=S=S=S=S=S=S=S=S=S=S=S=S=S=S=S=S=S=S=S=S=S=S=S=S=S=S=S=S=S=S=S=S=S=S=S=S=S=S=S=S=S=S=S. The Kier molecular flexibility index (Phi) is 50.1. The van der Waals surface area contributed by atoms with Gasteiger partial charge >= 0.3 is 7.12 Å². The van der Waals surface area contributed by atoms with Crippen molar-refractivity contribution in [2.24, 2.45) is 0 Å². The van der Waals surface area contributed by atoms with Crippen LogP contribution in [0.5, 0.6) is 0 Å². The summed E-state index contributed by atoms with van der Waals surface area (Å²) in [6.45, 7) is 8.29. The maximum atomic E-state index is 6.45. The lowest BCUT2D eigenvalue weighted by atomic mass is 9.78. The molecule has 0 unspecified atom stereocenters. The van der Waals surface area contributed by atoms with Crippen LogP contribution in [0.2, 0.25) is 0 Å². The zero-order valence-electron chi connectivity index (χ0n) is 51.6. The van der Waals surface area contributed by atoms with E-state index in [2.05, 4.69) is 125 Å². The van der Waals surface area contributed by atoms with E-state index < -0.39 is 18.3 Å². The first-order valence-electron chi connectivity index (χ1n) is 26.8. The fraction of sp³-hybridized carbons (Fsp3) is 0.133. The summed E-state index contributed by atoms with van der Waals surface area (Å²) in [5, 5.41) is 6.88. The van der Waals surface area contributed by atoms with Gasteiger partial charge in [-0.3, -0.25) is 0 Å². The molecule has 10 aromatic rings. The Balaban J connectivity index is 0.000000229. The molecule has 5 heterocycles. The van der Waals surface area contributed by atoms with Crippen LogP contribution in [0.1, 0.15) is 27.7 Å². The second-order valence-electron chi connectivity index (χ2n) is 18.5. The molecular formula is C45H32BN3O3S55. The highest BCUT2D eigenvalue weighted by Crippen LogP contribution is 2.41. The number of fused-ring (bicyclic) bond motifs is 9. The van der Waals surface area contributed by atoms with Gasteiger partial charge in [0.2, 0.25) is 0 Å². The summed E-state index contributed by atoms with van der Waals surface area (Å²) in [5.41, 5.74) is 4.31. The molecule has 0 N–H and O–H groups in total. The predicted octanol–water partition coefficient (Wildman–Crippen LogP) is 11.7. The second-order valence-corrected chi connectivity index (χ2v) is 111. The fourth-order valence-corrected chi connectivity index (χ4v) is 145. The summed E-state index contributed by atoms with van der Waals surface area (Å²) in [6, 6.07) is 42.4. The minimum absolute atomic E-state index is 0.453. The van der Waals surface area contributed by atoms with E-state index in [4.69, 9.17) is 51.1 Å². The summed E-state index contributed by atoms with van der Waals surface area (Å²) in [5.74, 6) is 1.82. The van der Waals surface area contributed by atoms with Gasteiger partial charge in [-0.15, -0.1) is 22.7 Å². The average Bonchev–Trinajstić information content (AvgIpc) is 1.63. The number of benzene rings is 6. The van der Waals surface area contributed by atoms with Gasteiger partial charge < -0.3 is 13.7 Å². The number of hydrogen-bond acceptors (Lipinski definition) is 10. The highest BCUT2D eigenvalue weighted by molar-refractivity contribution is 8.82. The van der Waals surface area contributed by atoms with E-state index >= 15 is 0 Å². The number of aromatic nitrogens is 3. The lowest BCUT2D eigenvalue weighted by molar-refractivity contribution is 0.00578. The number of nitrogens with zero attached hydrogens (tertiary/aromatic N) is 3. The van der Waals surface area contributed by atoms with Crippen molar-refractivity contribution in [3.05, 3.63) is 121 Å². The number of hydrogen-bond donors (Lipinski definition) is 0. The normalized spacial score (nSPS) is 11.7. The summed E-state index contributed by atoms with van der Waals surface area (Å²) < 4.78 is 24.3. The molecule has 1 saturated heterocycles. The highest BCUT2D eigenvalue weighted by atomic mass is 33.5. The molecule has 62 heteroatoms. The van der Waals surface area contributed by atoms with Crippen molar-refractivity contribution < 1.29 is 13.7 Å². The Morgan fingerprint density at radius 2 is 0.598 bits per heavy atom. The molecule has 1 fully saturated rings. The van der Waals surface area contributed by atoms with Crippen molar-refractivity contribution in [2.75, 3.05) is 0 Å². The van der Waals surface area contributed by atoms with Crippen molar-refractivity contribution >= 4 is 573 Å². The van der Waals surface area contributed by atoms with Gasteiger partial charge in [0.1, 0.15) is 11.2 Å². The Hall–Kier alpha value is 6.21. The van der Waals surface area contributed by atoms with Crippen LogP contribution in [0.15, 0.2) is 126 Å². The third kappa shape index (κ3) is 33.3. The third-order valence-corrected chi connectivity index (χ3v) is 126. The molecular weight excluding hydrogens is 2410 g/mol. The topological polar surface area (TPSA) is 70.3 Å². The molecule has 578 valence electrons. The lowest BCUT2D eigenvalue weighted by Gasteiger charge is -2.32. The minimum atomic E-state index is -0.500. The van der Waals surface area contributed by atoms with Crippen LogP contribution in [0.4, 0.5) is 0 Å². The molecule has 6 nitrogen and oxygen atoms in total. The van der Waals surface area contributed by atoms with Crippen LogP contribution in [0, 0.1) is 0 Å². The van der Waals surface area contributed by atoms with Crippen LogP contribution in [0.25, 0.3) is 96.4 Å². The molecule has 0 aliphatic carbocycles. The zero-order valence-corrected chi connectivity index (χ0v) is 96.6. The van der Waals surface area contributed by atoms with Crippen molar-refractivity contribution in [2.45, 2.75) is 38.9 Å². The number of rotatable bonds is 4. The molecule has 1 aliphatic heterocycles. The van der Waals surface area contributed by atoms with E-state index in [1.165, 1.54) is 58.1 Å². The van der Waals surface area contributed by atoms with Crippen molar-refractivity contribution in [1.82, 2.24) is 15.0 Å². The molecule has 0 amide bonds. The summed E-state index contributed by atoms with van der Waals surface area (Å²) >= 11 is 13.2. The van der Waals surface area contributed by atoms with Gasteiger partial charge in [0.05, 0.1) is 11.2 Å². The molecule has 0 atom stereocenters. The standard InChI is InChI=1S/C45H32BN3O3S2.S53/c1-44(2)45(3,4)52-46(51-44)27-18-21-34-33(24-27)40-32(12-9-13-35(40)50-34)43-48-41(25-16-19-30-28-10-5-7-14-36(28)53-38(30)22-25)47-42(49-43)26-17-20-31-29-11-6-8-15-37(29)54-39(31)23-26;1-3-5-7-9-11-13-15-17-19-21-23-25-27-29-31-33-35-37-39-41-43-45-47-49-51-53-52-50-48-46-44-42-40-38-36-34-32-30-28-26-24-22-20-18-16-14-12-10-8-6-4-2/h5-24H,1-4H3;. The molecule has 0 bridgehead atoms. The molecule has 0 spiro atoms. The average molecular weight is 2440 g/mol. The smallest absolute Gasteiger partial charge is 0.456 e. The molecule has 107 heavy (non-hydrogen) atoms. The Morgan fingerprint density at radius 3 is 0.935 bits per heavy atom. The maximum absolute atomic E-state index is 6.45. The van der Waals surface area contributed by atoms with Crippen LogP contribution in [-0.4, -0.2) is 33.3 Å². The van der Waals surface area contributed by atoms with Gasteiger partial charge in [0.25, 0.3) is 0 Å². The molecule has 0 saturated carbocycles. The van der Waals surface area contributed by atoms with Crippen molar-refractivity contribution in [1.29, 1.82) is 0 Å². The van der Waals surface area contributed by atoms with Crippen LogP contribution >= 0.6 is 22.7 Å². The summed E-state index contributed by atoms with van der Waals surface area (Å²) in [7, 11) is 90.7. The van der Waals surface area contributed by atoms with E-state index in [1.807, 2.05) is 353 Å². The van der Waals surface area contributed by atoms with E-state index in [0.29, 0.717) is 17.5 Å². The molecule has 0 radical (unpaired) electrons. The molecule has 11 rings (SSSR count). The van der Waals surface area contributed by atoms with Crippen molar-refractivity contribution in [3.63, 3.8) is 0 Å². The van der Waals surface area contributed by atoms with E-state index in [1.54, 1.807) is 129 Å². The van der Waals surface area contributed by atoms with Gasteiger partial charge in [0, 0.05) is 543 Å². The monoisotopic (exact) mass is 2430 g/mol. The quantitative estimate of drug-likeness (QED) is 0.161. The van der Waals surface area contributed by atoms with E-state index in [0.717, 1.165) is 44.1 Å². The third-order valence-electron chi connectivity index (χ3n) is 12.6. The zero-order chi connectivity index (χ0) is 74.4. The molecule has 6 aromatic carbocycles. The Morgan fingerprint density at radius 1 is 0.290 bits per heavy atom. The highest BCUT2D eigenvalue weighted by Gasteiger charge is 2.51. The van der Waals surface area contributed by atoms with Crippen molar-refractivity contribution in [3.8, 4) is 34.2 Å². The first kappa shape index (κ1) is 95.4. The van der Waals surface area contributed by atoms with Crippen LogP contribution < -0.4 is 5.46 Å². The maximum Gasteiger partial charge on any atom is 0.494 e. The van der Waals surface area contributed by atoms with Gasteiger partial charge in [-0.05, 0) is 69.6 Å². The second kappa shape index (κ2) is 56.2. The first-order valence-corrected chi connectivity index (χ1v) is 97.7. The van der Waals surface area contributed by atoms with E-state index in [9.17, 15) is 0 Å². The summed E-state index contributed by atoms with van der Waals surface area (Å²) in [4.78, 5) is 15.6. The first-order chi connectivity index (χ1) is 52.6. The number of furan rings is 1. The molecule has 1 aliphatic rings. The Bertz CT molecular complexity index is 7470. The van der Waals surface area contributed by atoms with Crippen LogP contribution in [0.3, 0.4) is 0 Å². The Labute approximate surface area is 778 Å². The van der Waals surface area contributed by atoms with Gasteiger partial charge in [0.15, 0.2) is 17.5 Å². The largest absolute Gasteiger partial charge is 0.494 e. The van der Waals surface area contributed by atoms with Crippen LogP contribution in [-0.2, 0) is 485 Å². The fourth-order valence-electron chi connectivity index (χ4n) is 8.20. The number of thiophene rings is 2. The predicted molar refractivity (Wildman–Crippen MR) is 615 cm³/mol. The van der Waals surface area contributed by atoms with Gasteiger partial charge in [-0.1, -0.05) is 84.9 Å². The van der Waals surface area contributed by atoms with Gasteiger partial charge in [-0.2, -0.15) is 0 Å². The van der Waals surface area contributed by atoms with Gasteiger partial charge in [-0.25, -0.2) is 15.0 Å². The molecule has 4 aromatic heterocycles.